The molecular weight excluding hydrogens is 270 g/mol. The Morgan fingerprint density at radius 2 is 2.19 bits per heavy atom. The Balaban J connectivity index is 1.85. The van der Waals surface area contributed by atoms with Crippen LogP contribution in [0, 0.1) is 0 Å². The molecule has 3 N–H and O–H groups in total. The maximum absolute atomic E-state index is 12.0. The summed E-state index contributed by atoms with van der Waals surface area (Å²) in [5, 5.41) is 3.20. The molecule has 0 bridgehead atoms. The van der Waals surface area contributed by atoms with Crippen molar-refractivity contribution in [2.75, 3.05) is 43.9 Å². The summed E-state index contributed by atoms with van der Waals surface area (Å²) >= 11 is 0. The van der Waals surface area contributed by atoms with Gasteiger partial charge in [-0.2, -0.15) is 0 Å². The van der Waals surface area contributed by atoms with Gasteiger partial charge >= 0.3 is 0 Å². The van der Waals surface area contributed by atoms with E-state index < -0.39 is 0 Å². The molecule has 0 aromatic carbocycles. The fraction of sp³-hybridized carbons (Fsp3) is 0.643. The number of hydrogen-bond donors (Lipinski definition) is 2. The number of hydrogen-bond acceptors (Lipinski definition) is 6. The first kappa shape index (κ1) is 15.5. The molecule has 1 amide bonds. The smallest absolute Gasteiger partial charge is 0.224 e. The van der Waals surface area contributed by atoms with Crippen LogP contribution < -0.4 is 11.1 Å². The van der Waals surface area contributed by atoms with Gasteiger partial charge in [-0.15, -0.1) is 0 Å². The van der Waals surface area contributed by atoms with E-state index in [2.05, 4.69) is 22.2 Å². The zero-order chi connectivity index (χ0) is 15.1. The van der Waals surface area contributed by atoms with Crippen molar-refractivity contribution in [3.05, 3.63) is 11.9 Å². The number of nitrogen functional groups attached to an aromatic ring is 1. The zero-order valence-corrected chi connectivity index (χ0v) is 12.5. The second-order valence-electron chi connectivity index (χ2n) is 5.01. The van der Waals surface area contributed by atoms with E-state index in [4.69, 9.17) is 10.5 Å². The van der Waals surface area contributed by atoms with Crippen LogP contribution in [0.2, 0.25) is 0 Å². The standard InChI is InChI=1S/C14H23N5O2/c1-2-3-11-13(15)17-10-18-14(11)16-5-4-12(20)19-6-8-21-9-7-19/h10H,2-9H2,1H3,(H3,15,16,17,18). The lowest BCUT2D eigenvalue weighted by atomic mass is 10.1. The Morgan fingerprint density at radius 1 is 1.43 bits per heavy atom. The summed E-state index contributed by atoms with van der Waals surface area (Å²) in [5.41, 5.74) is 6.81. The number of carbonyl (C=O) groups is 1. The summed E-state index contributed by atoms with van der Waals surface area (Å²) in [6.07, 6.45) is 3.68. The normalized spacial score (nSPS) is 15.0. The molecule has 1 aromatic rings. The summed E-state index contributed by atoms with van der Waals surface area (Å²) < 4.78 is 5.24. The van der Waals surface area contributed by atoms with Gasteiger partial charge in [0.05, 0.1) is 13.2 Å². The van der Waals surface area contributed by atoms with Gasteiger partial charge in [0.25, 0.3) is 0 Å². The number of amides is 1. The van der Waals surface area contributed by atoms with Crippen LogP contribution in [0.3, 0.4) is 0 Å². The Labute approximate surface area is 124 Å². The van der Waals surface area contributed by atoms with Gasteiger partial charge in [0, 0.05) is 31.6 Å². The second-order valence-corrected chi connectivity index (χ2v) is 5.01. The van der Waals surface area contributed by atoms with Crippen molar-refractivity contribution in [1.29, 1.82) is 0 Å². The summed E-state index contributed by atoms with van der Waals surface area (Å²) in [6, 6.07) is 0. The lowest BCUT2D eigenvalue weighted by Gasteiger charge is -2.27. The van der Waals surface area contributed by atoms with Gasteiger partial charge in [-0.1, -0.05) is 13.3 Å². The molecule has 1 aliphatic rings. The molecule has 0 radical (unpaired) electrons. The van der Waals surface area contributed by atoms with E-state index in [1.807, 2.05) is 4.90 Å². The fourth-order valence-corrected chi connectivity index (χ4v) is 2.33. The third-order valence-electron chi connectivity index (χ3n) is 3.47. The summed E-state index contributed by atoms with van der Waals surface area (Å²) in [4.78, 5) is 22.1. The van der Waals surface area contributed by atoms with Crippen molar-refractivity contribution < 1.29 is 9.53 Å². The first-order valence-electron chi connectivity index (χ1n) is 7.41. The number of aromatic nitrogens is 2. The quantitative estimate of drug-likeness (QED) is 0.801. The van der Waals surface area contributed by atoms with E-state index >= 15 is 0 Å². The van der Waals surface area contributed by atoms with Gasteiger partial charge in [0.2, 0.25) is 5.91 Å². The van der Waals surface area contributed by atoms with Crippen LogP contribution in [0.25, 0.3) is 0 Å². The minimum absolute atomic E-state index is 0.143. The average molecular weight is 293 g/mol. The molecule has 21 heavy (non-hydrogen) atoms. The Kier molecular flexibility index (Phi) is 5.74. The SMILES string of the molecule is CCCc1c(N)ncnc1NCCC(=O)N1CCOCC1. The van der Waals surface area contributed by atoms with Crippen LogP contribution in [0.4, 0.5) is 11.6 Å². The first-order chi connectivity index (χ1) is 10.2. The number of morpholine rings is 1. The van der Waals surface area contributed by atoms with E-state index in [9.17, 15) is 4.79 Å². The highest BCUT2D eigenvalue weighted by atomic mass is 16.5. The predicted octanol–water partition coefficient (Wildman–Crippen LogP) is 0.672. The molecule has 2 rings (SSSR count). The molecular formula is C14H23N5O2. The number of nitrogens with two attached hydrogens (primary N) is 1. The summed E-state index contributed by atoms with van der Waals surface area (Å²) in [7, 11) is 0. The number of rotatable bonds is 6. The molecule has 1 saturated heterocycles. The van der Waals surface area contributed by atoms with E-state index in [0.717, 1.165) is 24.2 Å². The van der Waals surface area contributed by atoms with Gasteiger partial charge in [-0.25, -0.2) is 9.97 Å². The highest BCUT2D eigenvalue weighted by Gasteiger charge is 2.16. The van der Waals surface area contributed by atoms with Crippen molar-refractivity contribution in [1.82, 2.24) is 14.9 Å². The topological polar surface area (TPSA) is 93.4 Å². The monoisotopic (exact) mass is 293 g/mol. The molecule has 2 heterocycles. The van der Waals surface area contributed by atoms with E-state index in [1.165, 1.54) is 6.33 Å². The van der Waals surface area contributed by atoms with Gasteiger partial charge in [-0.3, -0.25) is 4.79 Å². The van der Waals surface area contributed by atoms with Crippen LogP contribution in [-0.2, 0) is 16.0 Å². The lowest BCUT2D eigenvalue weighted by Crippen LogP contribution is -2.41. The molecule has 116 valence electrons. The number of anilines is 2. The fourth-order valence-electron chi connectivity index (χ4n) is 2.33. The number of nitrogens with zero attached hydrogens (tertiary/aromatic N) is 3. The molecule has 0 atom stereocenters. The van der Waals surface area contributed by atoms with Crippen LogP contribution in [-0.4, -0.2) is 53.6 Å². The van der Waals surface area contributed by atoms with Gasteiger partial charge in [-0.05, 0) is 6.42 Å². The third kappa shape index (κ3) is 4.29. The van der Waals surface area contributed by atoms with Crippen LogP contribution in [0.1, 0.15) is 25.3 Å². The molecule has 7 nitrogen and oxygen atoms in total. The van der Waals surface area contributed by atoms with Crippen molar-refractivity contribution in [3.8, 4) is 0 Å². The Morgan fingerprint density at radius 3 is 2.90 bits per heavy atom. The first-order valence-corrected chi connectivity index (χ1v) is 7.41. The summed E-state index contributed by atoms with van der Waals surface area (Å²) in [5.74, 6) is 1.39. The number of nitrogens with one attached hydrogen (secondary N) is 1. The maximum atomic E-state index is 12.0. The maximum Gasteiger partial charge on any atom is 0.224 e. The van der Waals surface area contributed by atoms with E-state index in [1.54, 1.807) is 0 Å². The van der Waals surface area contributed by atoms with Crippen LogP contribution >= 0.6 is 0 Å². The minimum atomic E-state index is 0.143. The minimum Gasteiger partial charge on any atom is -0.383 e. The van der Waals surface area contributed by atoms with Crippen molar-refractivity contribution in [3.63, 3.8) is 0 Å². The van der Waals surface area contributed by atoms with E-state index in [0.29, 0.717) is 45.1 Å². The van der Waals surface area contributed by atoms with Crippen molar-refractivity contribution in [2.45, 2.75) is 26.2 Å². The largest absolute Gasteiger partial charge is 0.383 e. The van der Waals surface area contributed by atoms with Crippen molar-refractivity contribution >= 4 is 17.5 Å². The van der Waals surface area contributed by atoms with E-state index in [-0.39, 0.29) is 5.91 Å². The highest BCUT2D eigenvalue weighted by molar-refractivity contribution is 5.76. The molecule has 1 aromatic heterocycles. The van der Waals surface area contributed by atoms with Gasteiger partial charge in [0.15, 0.2) is 0 Å². The zero-order valence-electron chi connectivity index (χ0n) is 12.5. The van der Waals surface area contributed by atoms with Crippen molar-refractivity contribution in [2.24, 2.45) is 0 Å². The van der Waals surface area contributed by atoms with Gasteiger partial charge < -0.3 is 20.7 Å². The highest BCUT2D eigenvalue weighted by Crippen LogP contribution is 2.18. The molecule has 7 heteroatoms. The molecule has 0 spiro atoms. The summed E-state index contributed by atoms with van der Waals surface area (Å²) in [6.45, 7) is 5.24. The second kappa shape index (κ2) is 7.78. The molecule has 0 unspecified atom stereocenters. The average Bonchev–Trinajstić information content (AvgIpc) is 2.51. The Bertz CT molecular complexity index is 474. The predicted molar refractivity (Wildman–Crippen MR) is 80.9 cm³/mol. The molecule has 1 fully saturated rings. The molecule has 1 aliphatic heterocycles. The number of carbonyl (C=O) groups excluding carboxylic acids is 1. The van der Waals surface area contributed by atoms with Crippen LogP contribution in [0.15, 0.2) is 6.33 Å². The molecule has 0 saturated carbocycles. The van der Waals surface area contributed by atoms with Gasteiger partial charge in [0.1, 0.15) is 18.0 Å². The number of ether oxygens (including phenoxy) is 1. The lowest BCUT2D eigenvalue weighted by molar-refractivity contribution is -0.134. The third-order valence-corrected chi connectivity index (χ3v) is 3.47. The van der Waals surface area contributed by atoms with Crippen LogP contribution in [0.5, 0.6) is 0 Å². The molecule has 0 aliphatic carbocycles. The Hall–Kier alpha value is -1.89.